The molecular weight excluding hydrogens is 230 g/mol. The monoisotopic (exact) mass is 257 g/mol. The molecule has 18 heavy (non-hydrogen) atoms. The lowest BCUT2D eigenvalue weighted by Gasteiger charge is -2.32. The van der Waals surface area contributed by atoms with Crippen LogP contribution in [0.1, 0.15) is 44.9 Å². The minimum Gasteiger partial charge on any atom is -0.396 e. The number of hydrogen-bond acceptors (Lipinski definition) is 4. The van der Waals surface area contributed by atoms with Gasteiger partial charge in [0.2, 0.25) is 5.91 Å². The maximum atomic E-state index is 10.9. The van der Waals surface area contributed by atoms with Crippen molar-refractivity contribution in [2.24, 2.45) is 11.8 Å². The highest BCUT2D eigenvalue weighted by atomic mass is 16.3. The third-order valence-corrected chi connectivity index (χ3v) is 3.68. The van der Waals surface area contributed by atoms with E-state index in [4.69, 9.17) is 10.9 Å². The fourth-order valence-electron chi connectivity index (χ4n) is 2.64. The third kappa shape index (κ3) is 6.33. The number of carbonyl (C=O) groups excluding carboxylic acids is 1. The zero-order chi connectivity index (χ0) is 13.2. The number of hydrogen-bond donors (Lipinski definition) is 3. The number of likely N-dealkylation sites (tertiary alicyclic amines) is 1. The van der Waals surface area contributed by atoms with Crippen molar-refractivity contribution < 1.29 is 9.90 Å². The number of aliphatic hydroxyl groups is 1. The van der Waals surface area contributed by atoms with Crippen molar-refractivity contribution in [2.75, 3.05) is 26.2 Å². The first-order valence-electron chi connectivity index (χ1n) is 7.09. The molecule has 1 rings (SSSR count). The van der Waals surface area contributed by atoms with E-state index in [1.165, 1.54) is 19.4 Å². The number of amides is 1. The molecule has 1 aliphatic heterocycles. The van der Waals surface area contributed by atoms with E-state index in [1.807, 2.05) is 0 Å². The Balaban J connectivity index is 2.02. The number of nitrogens with zero attached hydrogens (tertiary/aromatic N) is 1. The van der Waals surface area contributed by atoms with Gasteiger partial charge >= 0.3 is 0 Å². The summed E-state index contributed by atoms with van der Waals surface area (Å²) in [7, 11) is 0. The molecule has 5 nitrogen and oxygen atoms in total. The van der Waals surface area contributed by atoms with E-state index in [1.54, 1.807) is 0 Å². The van der Waals surface area contributed by atoms with Crippen LogP contribution in [-0.4, -0.2) is 42.2 Å². The van der Waals surface area contributed by atoms with Crippen LogP contribution in [0.3, 0.4) is 0 Å². The van der Waals surface area contributed by atoms with Gasteiger partial charge in [-0.1, -0.05) is 6.42 Å². The van der Waals surface area contributed by atoms with Gasteiger partial charge in [0.15, 0.2) is 0 Å². The van der Waals surface area contributed by atoms with Gasteiger partial charge in [-0.3, -0.25) is 10.2 Å². The van der Waals surface area contributed by atoms with Gasteiger partial charge in [0.05, 0.1) is 0 Å². The molecule has 0 bridgehead atoms. The summed E-state index contributed by atoms with van der Waals surface area (Å²) in [6.45, 7) is 3.74. The Morgan fingerprint density at radius 3 is 2.94 bits per heavy atom. The lowest BCUT2D eigenvalue weighted by molar-refractivity contribution is -0.121. The van der Waals surface area contributed by atoms with Crippen LogP contribution >= 0.6 is 0 Å². The molecule has 0 aromatic rings. The van der Waals surface area contributed by atoms with Crippen LogP contribution in [0.4, 0.5) is 0 Å². The molecule has 1 amide bonds. The Morgan fingerprint density at radius 1 is 1.39 bits per heavy atom. The first kappa shape index (κ1) is 15.4. The predicted octanol–water partition coefficient (Wildman–Crippen LogP) is 0.631. The summed E-state index contributed by atoms with van der Waals surface area (Å²) < 4.78 is 0. The van der Waals surface area contributed by atoms with Gasteiger partial charge in [-0.05, 0) is 51.1 Å². The number of aliphatic hydroxyl groups excluding tert-OH is 1. The second-order valence-electron chi connectivity index (χ2n) is 5.20. The lowest BCUT2D eigenvalue weighted by atomic mass is 9.95. The number of piperidine rings is 1. The molecular formula is C13H27N3O2. The van der Waals surface area contributed by atoms with Gasteiger partial charge in [-0.2, -0.15) is 0 Å². The van der Waals surface area contributed by atoms with Crippen LogP contribution in [0.5, 0.6) is 0 Å². The van der Waals surface area contributed by atoms with E-state index >= 15 is 0 Å². The van der Waals surface area contributed by atoms with Crippen LogP contribution in [0.2, 0.25) is 0 Å². The fourth-order valence-corrected chi connectivity index (χ4v) is 2.64. The summed E-state index contributed by atoms with van der Waals surface area (Å²) in [6.07, 6.45) is 7.11. The smallest absolute Gasteiger partial charge is 0.233 e. The SMILES string of the molecule is NNC(=O)CCCCCN1CCCC(CCO)C1. The Kier molecular flexibility index (Phi) is 7.96. The topological polar surface area (TPSA) is 78.6 Å². The van der Waals surface area contributed by atoms with Crippen molar-refractivity contribution in [3.63, 3.8) is 0 Å². The highest BCUT2D eigenvalue weighted by molar-refractivity contribution is 5.74. The number of nitrogens with one attached hydrogen (secondary N) is 1. The fraction of sp³-hybridized carbons (Fsp3) is 0.923. The maximum absolute atomic E-state index is 10.9. The third-order valence-electron chi connectivity index (χ3n) is 3.68. The van der Waals surface area contributed by atoms with Crippen molar-refractivity contribution in [3.05, 3.63) is 0 Å². The number of carbonyl (C=O) groups is 1. The molecule has 0 aromatic carbocycles. The molecule has 0 spiro atoms. The summed E-state index contributed by atoms with van der Waals surface area (Å²) in [6, 6.07) is 0. The number of rotatable bonds is 8. The van der Waals surface area contributed by atoms with Crippen LogP contribution in [0.15, 0.2) is 0 Å². The zero-order valence-corrected chi connectivity index (χ0v) is 11.2. The second-order valence-corrected chi connectivity index (χ2v) is 5.20. The Morgan fingerprint density at radius 2 is 2.22 bits per heavy atom. The van der Waals surface area contributed by atoms with E-state index in [2.05, 4.69) is 10.3 Å². The van der Waals surface area contributed by atoms with Gasteiger partial charge in [-0.25, -0.2) is 5.84 Å². The number of nitrogens with two attached hydrogens (primary N) is 1. The van der Waals surface area contributed by atoms with Crippen molar-refractivity contribution in [1.82, 2.24) is 10.3 Å². The standard InChI is InChI=1S/C13H27N3O2/c14-15-13(18)6-2-1-3-8-16-9-4-5-12(11-16)7-10-17/h12,17H,1-11,14H2,(H,15,18). The van der Waals surface area contributed by atoms with Gasteiger partial charge in [-0.15, -0.1) is 0 Å². The summed E-state index contributed by atoms with van der Waals surface area (Å²) in [5, 5.41) is 8.96. The minimum atomic E-state index is -0.0732. The predicted molar refractivity (Wildman–Crippen MR) is 71.7 cm³/mol. The average Bonchev–Trinajstić information content (AvgIpc) is 2.39. The van der Waals surface area contributed by atoms with Crippen molar-refractivity contribution in [1.29, 1.82) is 0 Å². The molecule has 106 valence electrons. The van der Waals surface area contributed by atoms with Crippen molar-refractivity contribution >= 4 is 5.91 Å². The van der Waals surface area contributed by atoms with E-state index in [-0.39, 0.29) is 5.91 Å². The molecule has 1 fully saturated rings. The molecule has 0 aromatic heterocycles. The van der Waals surface area contributed by atoms with E-state index < -0.39 is 0 Å². The molecule has 5 heteroatoms. The normalized spacial score (nSPS) is 20.9. The largest absolute Gasteiger partial charge is 0.396 e. The van der Waals surface area contributed by atoms with Crippen molar-refractivity contribution in [2.45, 2.75) is 44.9 Å². The highest BCUT2D eigenvalue weighted by Gasteiger charge is 2.18. The molecule has 1 heterocycles. The van der Waals surface area contributed by atoms with Crippen LogP contribution < -0.4 is 11.3 Å². The average molecular weight is 257 g/mol. The summed E-state index contributed by atoms with van der Waals surface area (Å²) >= 11 is 0. The minimum absolute atomic E-state index is 0.0732. The van der Waals surface area contributed by atoms with Crippen LogP contribution in [0.25, 0.3) is 0 Å². The molecule has 0 aliphatic carbocycles. The van der Waals surface area contributed by atoms with Gasteiger partial charge in [0.25, 0.3) is 0 Å². The first-order chi connectivity index (χ1) is 8.76. The van der Waals surface area contributed by atoms with Gasteiger partial charge in [0, 0.05) is 19.6 Å². The maximum Gasteiger partial charge on any atom is 0.233 e. The Labute approximate surface area is 110 Å². The number of hydrazine groups is 1. The first-order valence-corrected chi connectivity index (χ1v) is 7.09. The van der Waals surface area contributed by atoms with Crippen molar-refractivity contribution in [3.8, 4) is 0 Å². The molecule has 0 saturated carbocycles. The highest BCUT2D eigenvalue weighted by Crippen LogP contribution is 2.19. The molecule has 1 atom stereocenters. The van der Waals surface area contributed by atoms with Gasteiger partial charge < -0.3 is 10.0 Å². The lowest BCUT2D eigenvalue weighted by Crippen LogP contribution is -2.36. The Bertz CT molecular complexity index is 234. The van der Waals surface area contributed by atoms with E-state index in [0.717, 1.165) is 38.8 Å². The summed E-state index contributed by atoms with van der Waals surface area (Å²) in [5.41, 5.74) is 2.15. The zero-order valence-electron chi connectivity index (χ0n) is 11.2. The van der Waals surface area contributed by atoms with Crippen LogP contribution in [0, 0.1) is 5.92 Å². The van der Waals surface area contributed by atoms with Gasteiger partial charge in [0.1, 0.15) is 0 Å². The summed E-state index contributed by atoms with van der Waals surface area (Å²) in [4.78, 5) is 13.4. The molecule has 1 unspecified atom stereocenters. The van der Waals surface area contributed by atoms with E-state index in [9.17, 15) is 4.79 Å². The number of unbranched alkanes of at least 4 members (excludes halogenated alkanes) is 2. The molecule has 0 radical (unpaired) electrons. The Hall–Kier alpha value is -0.650. The molecule has 4 N–H and O–H groups in total. The molecule has 1 aliphatic rings. The quantitative estimate of drug-likeness (QED) is 0.258. The molecule has 1 saturated heterocycles. The second kappa shape index (κ2) is 9.30. The van der Waals surface area contributed by atoms with E-state index in [0.29, 0.717) is 18.9 Å². The summed E-state index contributed by atoms with van der Waals surface area (Å²) in [5.74, 6) is 5.62. The van der Waals surface area contributed by atoms with Crippen LogP contribution in [-0.2, 0) is 4.79 Å².